The van der Waals surface area contributed by atoms with E-state index in [4.69, 9.17) is 4.74 Å². The maximum Gasteiger partial charge on any atom is 0.255 e. The van der Waals surface area contributed by atoms with Crippen molar-refractivity contribution in [2.24, 2.45) is 0 Å². The molecule has 1 N–H and O–H groups in total. The summed E-state index contributed by atoms with van der Waals surface area (Å²) in [4.78, 5) is 20.4. The highest BCUT2D eigenvalue weighted by atomic mass is 32.1. The molecule has 120 valence electrons. The fraction of sp³-hybridized carbons (Fsp3) is 0.412. The van der Waals surface area contributed by atoms with Gasteiger partial charge in [-0.1, -0.05) is 12.1 Å². The van der Waals surface area contributed by atoms with Crippen molar-refractivity contribution in [2.75, 3.05) is 19.7 Å². The number of hydrogen-bond acceptors (Lipinski definition) is 5. The maximum absolute atomic E-state index is 12.6. The lowest BCUT2D eigenvalue weighted by Crippen LogP contribution is -2.60. The highest BCUT2D eigenvalue weighted by Gasteiger charge is 2.40. The largest absolute Gasteiger partial charge is 0.490 e. The summed E-state index contributed by atoms with van der Waals surface area (Å²) in [6.07, 6.45) is 3.93. The van der Waals surface area contributed by atoms with Crippen LogP contribution in [0.2, 0.25) is 0 Å². The highest BCUT2D eigenvalue weighted by Crippen LogP contribution is 2.29. The Morgan fingerprint density at radius 1 is 1.39 bits per heavy atom. The Hall–Kier alpha value is -1.92. The summed E-state index contributed by atoms with van der Waals surface area (Å²) < 4.78 is 5.98. The van der Waals surface area contributed by atoms with E-state index in [-0.39, 0.29) is 11.4 Å². The molecule has 5 nitrogen and oxygen atoms in total. The van der Waals surface area contributed by atoms with Gasteiger partial charge in [0.1, 0.15) is 12.4 Å². The molecular formula is C17H19N3O2S. The Morgan fingerprint density at radius 2 is 2.30 bits per heavy atom. The fourth-order valence-corrected chi connectivity index (χ4v) is 4.10. The van der Waals surface area contributed by atoms with Crippen LogP contribution >= 0.6 is 11.3 Å². The molecule has 1 saturated heterocycles. The lowest BCUT2D eigenvalue weighted by atomic mass is 9.89. The van der Waals surface area contributed by atoms with Crippen LogP contribution in [0.1, 0.15) is 28.1 Å². The quantitative estimate of drug-likeness (QED) is 0.918. The summed E-state index contributed by atoms with van der Waals surface area (Å²) >= 11 is 1.67. The zero-order valence-electron chi connectivity index (χ0n) is 12.8. The van der Waals surface area contributed by atoms with Crippen molar-refractivity contribution in [3.63, 3.8) is 0 Å². The number of thiazole rings is 1. The van der Waals surface area contributed by atoms with Crippen molar-refractivity contribution >= 4 is 17.2 Å². The summed E-state index contributed by atoms with van der Waals surface area (Å²) in [7, 11) is 0. The fourth-order valence-electron chi connectivity index (χ4n) is 3.46. The number of piperidine rings is 1. The molecule has 3 heterocycles. The van der Waals surface area contributed by atoms with Crippen LogP contribution in [0.3, 0.4) is 0 Å². The number of para-hydroxylation sites is 1. The van der Waals surface area contributed by atoms with Gasteiger partial charge in [-0.05, 0) is 31.5 Å². The average Bonchev–Trinajstić information content (AvgIpc) is 3.02. The van der Waals surface area contributed by atoms with Crippen LogP contribution in [0.5, 0.6) is 5.75 Å². The maximum atomic E-state index is 12.6. The van der Waals surface area contributed by atoms with Crippen molar-refractivity contribution in [2.45, 2.75) is 24.9 Å². The molecule has 4 rings (SSSR count). The lowest BCUT2D eigenvalue weighted by molar-refractivity contribution is 0.0645. The molecule has 1 aromatic carbocycles. The molecule has 1 fully saturated rings. The van der Waals surface area contributed by atoms with Gasteiger partial charge < -0.3 is 10.1 Å². The Kier molecular flexibility index (Phi) is 3.79. The van der Waals surface area contributed by atoms with Crippen LogP contribution in [0.15, 0.2) is 36.0 Å². The van der Waals surface area contributed by atoms with E-state index in [1.807, 2.05) is 36.0 Å². The number of amides is 1. The molecule has 2 aliphatic heterocycles. The van der Waals surface area contributed by atoms with E-state index in [0.29, 0.717) is 17.9 Å². The van der Waals surface area contributed by atoms with Crippen LogP contribution in [-0.2, 0) is 6.54 Å². The Balaban J connectivity index is 1.53. The van der Waals surface area contributed by atoms with Crippen molar-refractivity contribution in [1.29, 1.82) is 0 Å². The van der Waals surface area contributed by atoms with Crippen LogP contribution in [0.25, 0.3) is 0 Å². The summed E-state index contributed by atoms with van der Waals surface area (Å²) in [6, 6.07) is 7.46. The molecule has 1 unspecified atom stereocenters. The van der Waals surface area contributed by atoms with Crippen molar-refractivity contribution in [1.82, 2.24) is 15.2 Å². The number of nitrogens with zero attached hydrogens (tertiary/aromatic N) is 2. The molecule has 1 aromatic heterocycles. The second-order valence-electron chi connectivity index (χ2n) is 6.30. The van der Waals surface area contributed by atoms with Crippen LogP contribution in [0.4, 0.5) is 0 Å². The second kappa shape index (κ2) is 5.94. The predicted octanol–water partition coefficient (Wildman–Crippen LogP) is 2.30. The first-order valence-electron chi connectivity index (χ1n) is 7.88. The summed E-state index contributed by atoms with van der Waals surface area (Å²) in [5, 5.41) is 3.24. The minimum absolute atomic E-state index is 0.0299. The second-order valence-corrected chi connectivity index (χ2v) is 7.27. The van der Waals surface area contributed by atoms with Gasteiger partial charge in [0.2, 0.25) is 0 Å². The first kappa shape index (κ1) is 14.7. The van der Waals surface area contributed by atoms with Gasteiger partial charge in [0.15, 0.2) is 0 Å². The van der Waals surface area contributed by atoms with Gasteiger partial charge in [-0.15, -0.1) is 11.3 Å². The number of ether oxygens (including phenoxy) is 1. The van der Waals surface area contributed by atoms with Gasteiger partial charge in [0.05, 0.1) is 16.6 Å². The van der Waals surface area contributed by atoms with E-state index >= 15 is 0 Å². The lowest BCUT2D eigenvalue weighted by Gasteiger charge is -2.41. The number of fused-ring (bicyclic) bond motifs is 1. The third-order valence-corrected chi connectivity index (χ3v) is 5.30. The van der Waals surface area contributed by atoms with Crippen molar-refractivity contribution in [3.8, 4) is 5.75 Å². The van der Waals surface area contributed by atoms with E-state index in [2.05, 4.69) is 15.2 Å². The SMILES string of the molecule is O=C1NC2(CCCN(Cc3cncs3)C2)COc2ccccc21. The Labute approximate surface area is 139 Å². The molecule has 0 saturated carbocycles. The number of carbonyl (C=O) groups is 1. The van der Waals surface area contributed by atoms with Gasteiger partial charge in [-0.25, -0.2) is 0 Å². The molecule has 1 atom stereocenters. The Bertz CT molecular complexity index is 704. The minimum atomic E-state index is -0.307. The number of aromatic nitrogens is 1. The first-order valence-corrected chi connectivity index (χ1v) is 8.76. The molecule has 2 aliphatic rings. The van der Waals surface area contributed by atoms with E-state index in [1.165, 1.54) is 4.88 Å². The van der Waals surface area contributed by atoms with E-state index in [9.17, 15) is 4.79 Å². The minimum Gasteiger partial charge on any atom is -0.490 e. The number of likely N-dealkylation sites (tertiary alicyclic amines) is 1. The van der Waals surface area contributed by atoms with Crippen LogP contribution < -0.4 is 10.1 Å². The number of nitrogens with one attached hydrogen (secondary N) is 1. The number of carbonyl (C=O) groups excluding carboxylic acids is 1. The van der Waals surface area contributed by atoms with Gasteiger partial charge in [0.25, 0.3) is 5.91 Å². The van der Waals surface area contributed by atoms with Gasteiger partial charge in [0, 0.05) is 24.2 Å². The predicted molar refractivity (Wildman–Crippen MR) is 88.8 cm³/mol. The number of benzene rings is 1. The van der Waals surface area contributed by atoms with Gasteiger partial charge in [-0.2, -0.15) is 0 Å². The molecule has 0 radical (unpaired) electrons. The van der Waals surface area contributed by atoms with E-state index in [0.717, 1.165) is 32.5 Å². The zero-order valence-corrected chi connectivity index (χ0v) is 13.6. The molecule has 1 amide bonds. The molecule has 0 bridgehead atoms. The summed E-state index contributed by atoms with van der Waals surface area (Å²) in [6.45, 7) is 3.26. The van der Waals surface area contributed by atoms with Crippen molar-refractivity contribution in [3.05, 3.63) is 46.4 Å². The van der Waals surface area contributed by atoms with Crippen LogP contribution in [0, 0.1) is 0 Å². The van der Waals surface area contributed by atoms with E-state index in [1.54, 1.807) is 11.3 Å². The standard InChI is InChI=1S/C17H19N3O2S/c21-16-14-4-1-2-5-15(14)22-11-17(19-16)6-3-7-20(10-17)9-13-8-18-12-23-13/h1-2,4-5,8,12H,3,6-7,9-11H2,(H,19,21). The highest BCUT2D eigenvalue weighted by molar-refractivity contribution is 7.09. The van der Waals surface area contributed by atoms with E-state index < -0.39 is 0 Å². The van der Waals surface area contributed by atoms with Gasteiger partial charge in [-0.3, -0.25) is 14.7 Å². The zero-order chi connectivity index (χ0) is 15.7. The average molecular weight is 329 g/mol. The molecule has 1 spiro atoms. The summed E-state index contributed by atoms with van der Waals surface area (Å²) in [5.41, 5.74) is 2.19. The first-order chi connectivity index (χ1) is 11.2. The third-order valence-electron chi connectivity index (χ3n) is 4.53. The molecule has 2 aromatic rings. The Morgan fingerprint density at radius 3 is 3.17 bits per heavy atom. The molecule has 23 heavy (non-hydrogen) atoms. The molecular weight excluding hydrogens is 310 g/mol. The summed E-state index contributed by atoms with van der Waals surface area (Å²) in [5.74, 6) is 0.652. The van der Waals surface area contributed by atoms with Crippen molar-refractivity contribution < 1.29 is 9.53 Å². The topological polar surface area (TPSA) is 54.5 Å². The number of rotatable bonds is 2. The normalized spacial score (nSPS) is 24.6. The van der Waals surface area contributed by atoms with Gasteiger partial charge >= 0.3 is 0 Å². The monoisotopic (exact) mass is 329 g/mol. The molecule has 0 aliphatic carbocycles. The smallest absolute Gasteiger partial charge is 0.255 e. The molecule has 6 heteroatoms. The third kappa shape index (κ3) is 2.96. The number of hydrogen-bond donors (Lipinski definition) is 1. The van der Waals surface area contributed by atoms with Crippen LogP contribution in [-0.4, -0.2) is 41.0 Å².